The highest BCUT2D eigenvalue weighted by atomic mass is 35.5. The maximum atomic E-state index is 5.87. The van der Waals surface area contributed by atoms with Crippen LogP contribution >= 0.6 is 11.6 Å². The summed E-state index contributed by atoms with van der Waals surface area (Å²) in [7, 11) is 0. The molecule has 2 nitrogen and oxygen atoms in total. The molecule has 0 radical (unpaired) electrons. The van der Waals surface area contributed by atoms with Crippen molar-refractivity contribution in [2.24, 2.45) is 5.73 Å². The van der Waals surface area contributed by atoms with Gasteiger partial charge >= 0.3 is 0 Å². The Morgan fingerprint density at radius 3 is 2.53 bits per heavy atom. The van der Waals surface area contributed by atoms with Crippen molar-refractivity contribution >= 4 is 11.6 Å². The fourth-order valence-electron chi connectivity index (χ4n) is 1.73. The summed E-state index contributed by atoms with van der Waals surface area (Å²) in [6, 6.07) is 7.92. The van der Waals surface area contributed by atoms with E-state index < -0.39 is 0 Å². The Bertz CT molecular complexity index is 300. The summed E-state index contributed by atoms with van der Waals surface area (Å²) in [6.45, 7) is 4.46. The number of rotatable bonds is 8. The van der Waals surface area contributed by atoms with Gasteiger partial charge in [-0.1, -0.05) is 37.1 Å². The van der Waals surface area contributed by atoms with Crippen LogP contribution in [0.25, 0.3) is 0 Å². The summed E-state index contributed by atoms with van der Waals surface area (Å²) < 4.78 is 5.57. The molecule has 0 saturated heterocycles. The Balaban J connectivity index is 2.35. The molecular formula is C14H22ClNO. The van der Waals surface area contributed by atoms with E-state index in [0.717, 1.165) is 31.1 Å². The van der Waals surface area contributed by atoms with Crippen molar-refractivity contribution in [3.63, 3.8) is 0 Å². The molecule has 0 aliphatic carbocycles. The highest BCUT2D eigenvalue weighted by Gasteiger charge is 2.09. The molecule has 0 aromatic heterocycles. The summed E-state index contributed by atoms with van der Waals surface area (Å²) in [6.07, 6.45) is 3.29. The van der Waals surface area contributed by atoms with Crippen LogP contribution in [0.1, 0.15) is 37.7 Å². The van der Waals surface area contributed by atoms with E-state index in [-0.39, 0.29) is 0 Å². The van der Waals surface area contributed by atoms with E-state index in [0.29, 0.717) is 12.5 Å². The van der Waals surface area contributed by atoms with Crippen LogP contribution in [-0.2, 0) is 4.74 Å². The quantitative estimate of drug-likeness (QED) is 0.721. The lowest BCUT2D eigenvalue weighted by Gasteiger charge is -2.15. The fraction of sp³-hybridized carbons (Fsp3) is 0.571. The van der Waals surface area contributed by atoms with E-state index in [1.54, 1.807) is 0 Å². The molecule has 3 heteroatoms. The number of hydrogen-bond donors (Lipinski definition) is 1. The van der Waals surface area contributed by atoms with E-state index in [2.05, 4.69) is 6.92 Å². The first-order valence-corrected chi connectivity index (χ1v) is 6.69. The van der Waals surface area contributed by atoms with Crippen LogP contribution < -0.4 is 5.73 Å². The average molecular weight is 256 g/mol. The molecule has 0 spiro atoms. The molecule has 17 heavy (non-hydrogen) atoms. The molecule has 0 amide bonds. The van der Waals surface area contributed by atoms with Gasteiger partial charge in [0.25, 0.3) is 0 Å². The van der Waals surface area contributed by atoms with E-state index in [4.69, 9.17) is 22.1 Å². The lowest BCUT2D eigenvalue weighted by Crippen LogP contribution is -2.15. The maximum absolute atomic E-state index is 5.87. The van der Waals surface area contributed by atoms with Crippen molar-refractivity contribution in [1.29, 1.82) is 0 Å². The van der Waals surface area contributed by atoms with Crippen molar-refractivity contribution in [2.75, 3.05) is 19.8 Å². The summed E-state index contributed by atoms with van der Waals surface area (Å²) in [5, 5.41) is 0.767. The van der Waals surface area contributed by atoms with Crippen molar-refractivity contribution < 1.29 is 4.74 Å². The SMILES string of the molecule is CCCCOCCC(CN)c1ccc(Cl)cc1. The zero-order chi connectivity index (χ0) is 12.5. The molecule has 1 atom stereocenters. The number of halogens is 1. The molecule has 0 bridgehead atoms. The van der Waals surface area contributed by atoms with E-state index in [1.807, 2.05) is 24.3 Å². The number of nitrogens with two attached hydrogens (primary N) is 1. The topological polar surface area (TPSA) is 35.2 Å². The van der Waals surface area contributed by atoms with Crippen molar-refractivity contribution in [2.45, 2.75) is 32.1 Å². The van der Waals surface area contributed by atoms with Gasteiger partial charge in [-0.15, -0.1) is 0 Å². The normalized spacial score (nSPS) is 12.6. The fourth-order valence-corrected chi connectivity index (χ4v) is 1.86. The Morgan fingerprint density at radius 2 is 1.94 bits per heavy atom. The second kappa shape index (κ2) is 8.51. The third-order valence-electron chi connectivity index (χ3n) is 2.88. The third kappa shape index (κ3) is 5.53. The third-order valence-corrected chi connectivity index (χ3v) is 3.13. The molecule has 0 saturated carbocycles. The Labute approximate surface area is 109 Å². The largest absolute Gasteiger partial charge is 0.381 e. The standard InChI is InChI=1S/C14H22ClNO/c1-2-3-9-17-10-8-13(11-16)12-4-6-14(15)7-5-12/h4-7,13H,2-3,8-11,16H2,1H3. The van der Waals surface area contributed by atoms with Crippen LogP contribution in [0, 0.1) is 0 Å². The van der Waals surface area contributed by atoms with Gasteiger partial charge in [-0.05, 0) is 43.0 Å². The molecule has 0 fully saturated rings. The van der Waals surface area contributed by atoms with Crippen LogP contribution in [0.2, 0.25) is 5.02 Å². The van der Waals surface area contributed by atoms with E-state index >= 15 is 0 Å². The minimum absolute atomic E-state index is 0.369. The van der Waals surface area contributed by atoms with Gasteiger partial charge < -0.3 is 10.5 Å². The first kappa shape index (κ1) is 14.5. The van der Waals surface area contributed by atoms with Crippen LogP contribution in [0.15, 0.2) is 24.3 Å². The molecule has 96 valence electrons. The van der Waals surface area contributed by atoms with Gasteiger partial charge in [-0.2, -0.15) is 0 Å². The number of ether oxygens (including phenoxy) is 1. The van der Waals surface area contributed by atoms with Gasteiger partial charge in [0, 0.05) is 18.2 Å². The zero-order valence-corrected chi connectivity index (χ0v) is 11.2. The number of unbranched alkanes of at least 4 members (excludes halogenated alkanes) is 1. The zero-order valence-electron chi connectivity index (χ0n) is 10.5. The summed E-state index contributed by atoms with van der Waals surface area (Å²) in [5.41, 5.74) is 7.04. The minimum atomic E-state index is 0.369. The maximum Gasteiger partial charge on any atom is 0.0472 e. The molecule has 0 aliphatic rings. The predicted octanol–water partition coefficient (Wildman–Crippen LogP) is 3.59. The minimum Gasteiger partial charge on any atom is -0.381 e. The van der Waals surface area contributed by atoms with Crippen molar-refractivity contribution in [3.8, 4) is 0 Å². The molecule has 2 N–H and O–H groups in total. The molecule has 0 aliphatic heterocycles. The summed E-state index contributed by atoms with van der Waals surface area (Å²) in [4.78, 5) is 0. The van der Waals surface area contributed by atoms with Gasteiger partial charge in [-0.3, -0.25) is 0 Å². The van der Waals surface area contributed by atoms with Gasteiger partial charge in [0.1, 0.15) is 0 Å². The Kier molecular flexibility index (Phi) is 7.25. The average Bonchev–Trinajstić information content (AvgIpc) is 2.35. The van der Waals surface area contributed by atoms with Crippen molar-refractivity contribution in [1.82, 2.24) is 0 Å². The molecular weight excluding hydrogens is 234 g/mol. The predicted molar refractivity (Wildman–Crippen MR) is 73.6 cm³/mol. The van der Waals surface area contributed by atoms with Crippen LogP contribution in [-0.4, -0.2) is 19.8 Å². The van der Waals surface area contributed by atoms with Gasteiger partial charge in [0.15, 0.2) is 0 Å². The number of benzene rings is 1. The highest BCUT2D eigenvalue weighted by Crippen LogP contribution is 2.20. The smallest absolute Gasteiger partial charge is 0.0472 e. The van der Waals surface area contributed by atoms with Crippen LogP contribution in [0.5, 0.6) is 0 Å². The molecule has 1 rings (SSSR count). The van der Waals surface area contributed by atoms with Crippen LogP contribution in [0.3, 0.4) is 0 Å². The molecule has 1 unspecified atom stereocenters. The second-order valence-corrected chi connectivity index (χ2v) is 4.68. The Hall–Kier alpha value is -0.570. The first-order valence-electron chi connectivity index (χ1n) is 6.31. The Morgan fingerprint density at radius 1 is 1.24 bits per heavy atom. The van der Waals surface area contributed by atoms with Crippen molar-refractivity contribution in [3.05, 3.63) is 34.9 Å². The first-order chi connectivity index (χ1) is 8.27. The van der Waals surface area contributed by atoms with Gasteiger partial charge in [0.05, 0.1) is 0 Å². The molecule has 1 aromatic carbocycles. The number of hydrogen-bond acceptors (Lipinski definition) is 2. The van der Waals surface area contributed by atoms with Gasteiger partial charge in [-0.25, -0.2) is 0 Å². The summed E-state index contributed by atoms with van der Waals surface area (Å²) in [5.74, 6) is 0.369. The lowest BCUT2D eigenvalue weighted by atomic mass is 9.96. The summed E-state index contributed by atoms with van der Waals surface area (Å²) >= 11 is 5.87. The monoisotopic (exact) mass is 255 g/mol. The molecule has 1 aromatic rings. The highest BCUT2D eigenvalue weighted by molar-refractivity contribution is 6.30. The second-order valence-electron chi connectivity index (χ2n) is 4.24. The van der Waals surface area contributed by atoms with E-state index in [9.17, 15) is 0 Å². The van der Waals surface area contributed by atoms with E-state index in [1.165, 1.54) is 12.0 Å². The van der Waals surface area contributed by atoms with Crippen LogP contribution in [0.4, 0.5) is 0 Å². The molecule has 0 heterocycles. The van der Waals surface area contributed by atoms with Gasteiger partial charge in [0.2, 0.25) is 0 Å². The lowest BCUT2D eigenvalue weighted by molar-refractivity contribution is 0.124.